The summed E-state index contributed by atoms with van der Waals surface area (Å²) in [6, 6.07) is 1.86. The first-order valence-corrected chi connectivity index (χ1v) is 10.2. The molecule has 1 amide bonds. The number of methoxy groups -OCH3 is 1. The van der Waals surface area contributed by atoms with Gasteiger partial charge in [0, 0.05) is 32.7 Å². The van der Waals surface area contributed by atoms with E-state index >= 15 is 0 Å². The summed E-state index contributed by atoms with van der Waals surface area (Å²) in [7, 11) is 1.33. The summed E-state index contributed by atoms with van der Waals surface area (Å²) in [6.45, 7) is 3.89. The van der Waals surface area contributed by atoms with Crippen LogP contribution < -0.4 is 10.2 Å². The number of fused-ring (bicyclic) bond motifs is 1. The number of thiophene rings is 1. The van der Waals surface area contributed by atoms with Crippen molar-refractivity contribution in [3.63, 3.8) is 0 Å². The van der Waals surface area contributed by atoms with E-state index in [4.69, 9.17) is 4.74 Å². The van der Waals surface area contributed by atoms with E-state index in [0.29, 0.717) is 0 Å². The number of hydrogen-bond donors (Lipinski definition) is 1. The zero-order valence-electron chi connectivity index (χ0n) is 15.3. The average molecular weight is 389 g/mol. The van der Waals surface area contributed by atoms with Crippen LogP contribution in [0, 0.1) is 0 Å². The first-order chi connectivity index (χ1) is 13.2. The van der Waals surface area contributed by atoms with Crippen molar-refractivity contribution >= 4 is 39.2 Å². The van der Waals surface area contributed by atoms with Crippen molar-refractivity contribution in [2.75, 3.05) is 44.7 Å². The van der Waals surface area contributed by atoms with E-state index in [1.54, 1.807) is 11.3 Å². The molecular weight excluding hydrogens is 366 g/mol. The molecule has 1 atom stereocenters. The quantitative estimate of drug-likeness (QED) is 0.791. The lowest BCUT2D eigenvalue weighted by molar-refractivity contribution is -0.126. The fraction of sp³-hybridized carbons (Fsp3) is 0.556. The molecule has 1 N–H and O–H groups in total. The summed E-state index contributed by atoms with van der Waals surface area (Å²) in [5, 5.41) is 4.97. The molecule has 27 heavy (non-hydrogen) atoms. The van der Waals surface area contributed by atoms with Crippen LogP contribution >= 0.6 is 11.3 Å². The van der Waals surface area contributed by atoms with Gasteiger partial charge in [-0.1, -0.05) is 0 Å². The normalized spacial score (nSPS) is 21.7. The van der Waals surface area contributed by atoms with E-state index in [2.05, 4.69) is 25.1 Å². The highest BCUT2D eigenvalue weighted by atomic mass is 32.1. The number of nitrogens with one attached hydrogen (secondary N) is 1. The van der Waals surface area contributed by atoms with E-state index in [1.807, 2.05) is 11.4 Å². The Kier molecular flexibility index (Phi) is 5.22. The number of anilines is 1. The Labute approximate surface area is 161 Å². The van der Waals surface area contributed by atoms with Crippen molar-refractivity contribution in [2.24, 2.45) is 0 Å². The number of aromatic nitrogens is 2. The number of amides is 1. The summed E-state index contributed by atoms with van der Waals surface area (Å²) in [5.41, 5.74) is 0.760. The highest BCUT2D eigenvalue weighted by Crippen LogP contribution is 2.30. The number of nitrogens with zero attached hydrogens (tertiary/aromatic N) is 4. The van der Waals surface area contributed by atoms with Gasteiger partial charge in [0.1, 0.15) is 0 Å². The smallest absolute Gasteiger partial charge is 0.376 e. The molecule has 2 aromatic rings. The molecule has 8 nitrogen and oxygen atoms in total. The first-order valence-electron chi connectivity index (χ1n) is 9.27. The standard InChI is InChI=1S/C18H23N5O3S/c1-26-18(25)15-20-12-5-11-27-14(12)16(21-15)23-9-7-22(8-10-23)13-4-2-3-6-19-17(13)24/h5,11,13H,2-4,6-10H2,1H3,(H,19,24). The lowest BCUT2D eigenvalue weighted by Crippen LogP contribution is -2.54. The van der Waals surface area contributed by atoms with E-state index < -0.39 is 5.97 Å². The second-order valence-electron chi connectivity index (χ2n) is 6.82. The fourth-order valence-electron chi connectivity index (χ4n) is 3.76. The summed E-state index contributed by atoms with van der Waals surface area (Å²) < 4.78 is 5.77. The summed E-state index contributed by atoms with van der Waals surface area (Å²) in [6.07, 6.45) is 3.05. The number of esters is 1. The molecule has 2 saturated heterocycles. The van der Waals surface area contributed by atoms with Gasteiger partial charge >= 0.3 is 5.97 Å². The lowest BCUT2D eigenvalue weighted by Gasteiger charge is -2.38. The summed E-state index contributed by atoms with van der Waals surface area (Å²) in [4.78, 5) is 37.5. The molecule has 0 spiro atoms. The first kappa shape index (κ1) is 18.1. The number of ether oxygens (including phenoxy) is 1. The van der Waals surface area contributed by atoms with Crippen LogP contribution in [0.4, 0.5) is 5.82 Å². The van der Waals surface area contributed by atoms with Crippen LogP contribution in [-0.4, -0.2) is 72.6 Å². The minimum Gasteiger partial charge on any atom is -0.463 e. The van der Waals surface area contributed by atoms with Gasteiger partial charge in [0.05, 0.1) is 23.4 Å². The van der Waals surface area contributed by atoms with Crippen molar-refractivity contribution in [1.29, 1.82) is 0 Å². The van der Waals surface area contributed by atoms with E-state index in [-0.39, 0.29) is 17.8 Å². The predicted octanol–water partition coefficient (Wildman–Crippen LogP) is 1.27. The molecule has 4 heterocycles. The Morgan fingerprint density at radius 3 is 2.85 bits per heavy atom. The van der Waals surface area contributed by atoms with Crippen molar-refractivity contribution in [3.8, 4) is 0 Å². The van der Waals surface area contributed by atoms with Crippen LogP contribution in [0.1, 0.15) is 29.9 Å². The third-order valence-electron chi connectivity index (χ3n) is 5.21. The molecule has 0 bridgehead atoms. The van der Waals surface area contributed by atoms with Crippen LogP contribution in [0.25, 0.3) is 10.2 Å². The second-order valence-corrected chi connectivity index (χ2v) is 7.74. The number of hydrogen-bond acceptors (Lipinski definition) is 8. The van der Waals surface area contributed by atoms with Gasteiger partial charge in [-0.15, -0.1) is 11.3 Å². The number of rotatable bonds is 3. The van der Waals surface area contributed by atoms with Crippen molar-refractivity contribution < 1.29 is 14.3 Å². The fourth-order valence-corrected chi connectivity index (χ4v) is 4.61. The zero-order valence-corrected chi connectivity index (χ0v) is 16.1. The van der Waals surface area contributed by atoms with Gasteiger partial charge in [0.15, 0.2) is 5.82 Å². The maximum Gasteiger partial charge on any atom is 0.376 e. The third kappa shape index (κ3) is 3.61. The molecule has 0 aliphatic carbocycles. The Bertz CT molecular complexity index is 847. The molecule has 0 radical (unpaired) electrons. The van der Waals surface area contributed by atoms with E-state index in [0.717, 1.165) is 68.0 Å². The van der Waals surface area contributed by atoms with Crippen molar-refractivity contribution in [1.82, 2.24) is 20.2 Å². The number of carbonyl (C=O) groups is 2. The average Bonchev–Trinajstić information content (AvgIpc) is 3.08. The highest BCUT2D eigenvalue weighted by molar-refractivity contribution is 7.17. The molecular formula is C18H23N5O3S. The van der Waals surface area contributed by atoms with Crippen LogP contribution in [0.3, 0.4) is 0 Å². The minimum absolute atomic E-state index is 0.0348. The zero-order chi connectivity index (χ0) is 18.8. The molecule has 2 fully saturated rings. The van der Waals surface area contributed by atoms with E-state index in [1.165, 1.54) is 7.11 Å². The molecule has 1 unspecified atom stereocenters. The van der Waals surface area contributed by atoms with Gasteiger partial charge in [0.2, 0.25) is 11.7 Å². The lowest BCUT2D eigenvalue weighted by atomic mass is 10.1. The topological polar surface area (TPSA) is 87.7 Å². The predicted molar refractivity (Wildman–Crippen MR) is 103 cm³/mol. The van der Waals surface area contributed by atoms with Crippen molar-refractivity contribution in [2.45, 2.75) is 25.3 Å². The summed E-state index contributed by atoms with van der Waals surface area (Å²) in [5.74, 6) is 0.485. The van der Waals surface area contributed by atoms with Crippen LogP contribution in [-0.2, 0) is 9.53 Å². The number of carbonyl (C=O) groups excluding carboxylic acids is 2. The highest BCUT2D eigenvalue weighted by Gasteiger charge is 2.31. The monoisotopic (exact) mass is 389 g/mol. The maximum absolute atomic E-state index is 12.3. The SMILES string of the molecule is COC(=O)c1nc(N2CCN(C3CCCCNC3=O)CC2)c2sccc2n1. The summed E-state index contributed by atoms with van der Waals surface area (Å²) >= 11 is 1.57. The third-order valence-corrected chi connectivity index (χ3v) is 6.11. The largest absolute Gasteiger partial charge is 0.463 e. The Hall–Kier alpha value is -2.26. The Balaban J connectivity index is 1.53. The molecule has 9 heteroatoms. The number of piperazine rings is 1. The van der Waals surface area contributed by atoms with Gasteiger partial charge in [-0.2, -0.15) is 0 Å². The van der Waals surface area contributed by atoms with Crippen LogP contribution in [0.15, 0.2) is 11.4 Å². The van der Waals surface area contributed by atoms with E-state index in [9.17, 15) is 9.59 Å². The van der Waals surface area contributed by atoms with Crippen LogP contribution in [0.2, 0.25) is 0 Å². The van der Waals surface area contributed by atoms with Gasteiger partial charge in [-0.3, -0.25) is 9.69 Å². The van der Waals surface area contributed by atoms with Gasteiger partial charge in [-0.25, -0.2) is 14.8 Å². The molecule has 0 aromatic carbocycles. The molecule has 2 aromatic heterocycles. The van der Waals surface area contributed by atoms with Gasteiger partial charge in [-0.05, 0) is 30.7 Å². The maximum atomic E-state index is 12.3. The van der Waals surface area contributed by atoms with Gasteiger partial charge < -0.3 is 15.0 Å². The Morgan fingerprint density at radius 2 is 2.07 bits per heavy atom. The second kappa shape index (κ2) is 7.77. The Morgan fingerprint density at radius 1 is 1.26 bits per heavy atom. The molecule has 0 saturated carbocycles. The molecule has 4 rings (SSSR count). The minimum atomic E-state index is -0.530. The van der Waals surface area contributed by atoms with Crippen LogP contribution in [0.5, 0.6) is 0 Å². The van der Waals surface area contributed by atoms with Gasteiger partial charge in [0.25, 0.3) is 0 Å². The molecule has 144 valence electrons. The van der Waals surface area contributed by atoms with Crippen molar-refractivity contribution in [3.05, 3.63) is 17.3 Å². The molecule has 2 aliphatic heterocycles. The molecule has 2 aliphatic rings.